The number of carboxylic acid groups (broad SMARTS) is 1. The van der Waals surface area contributed by atoms with Gasteiger partial charge in [-0.2, -0.15) is 0 Å². The van der Waals surface area contributed by atoms with Gasteiger partial charge in [0.05, 0.1) is 0 Å². The summed E-state index contributed by atoms with van der Waals surface area (Å²) < 4.78 is 5.13. The van der Waals surface area contributed by atoms with Gasteiger partial charge in [0, 0.05) is 0 Å². The minimum atomic E-state index is -1.06. The van der Waals surface area contributed by atoms with Crippen LogP contribution in [0.4, 0.5) is 0 Å². The van der Waals surface area contributed by atoms with E-state index in [1.54, 1.807) is 12.1 Å². The molecule has 0 aromatic heterocycles. The third-order valence-electron chi connectivity index (χ3n) is 2.70. The second kappa shape index (κ2) is 8.04. The van der Waals surface area contributed by atoms with E-state index >= 15 is 0 Å². The van der Waals surface area contributed by atoms with Crippen LogP contribution in [-0.2, 0) is 9.59 Å². The van der Waals surface area contributed by atoms with Gasteiger partial charge in [0.15, 0.2) is 18.1 Å². The molecule has 0 aliphatic heterocycles. The molecule has 1 aromatic carbocycles. The summed E-state index contributed by atoms with van der Waals surface area (Å²) in [6.45, 7) is 1.61. The van der Waals surface area contributed by atoms with E-state index in [9.17, 15) is 14.7 Å². The number of amides is 1. The number of nitrogens with one attached hydrogen (secondary N) is 1. The van der Waals surface area contributed by atoms with Crippen LogP contribution in [0, 0.1) is 0 Å². The van der Waals surface area contributed by atoms with Gasteiger partial charge in [0.25, 0.3) is 5.91 Å². The highest BCUT2D eigenvalue weighted by Gasteiger charge is 2.19. The molecule has 20 heavy (non-hydrogen) atoms. The van der Waals surface area contributed by atoms with Gasteiger partial charge in [-0.3, -0.25) is 4.79 Å². The van der Waals surface area contributed by atoms with Gasteiger partial charge in [-0.15, -0.1) is 0 Å². The van der Waals surface area contributed by atoms with E-state index < -0.39 is 17.9 Å². The van der Waals surface area contributed by atoms with E-state index in [0.29, 0.717) is 6.42 Å². The zero-order valence-electron chi connectivity index (χ0n) is 11.3. The first kappa shape index (κ1) is 15.8. The normalized spacial score (nSPS) is 11.7. The molecule has 0 bridgehead atoms. The highest BCUT2D eigenvalue weighted by molar-refractivity contribution is 5.84. The molecule has 0 aliphatic rings. The first-order valence-electron chi connectivity index (χ1n) is 6.47. The van der Waals surface area contributed by atoms with Gasteiger partial charge in [0.1, 0.15) is 6.04 Å². The van der Waals surface area contributed by atoms with Crippen LogP contribution in [0.25, 0.3) is 0 Å². The molecule has 0 heterocycles. The largest absolute Gasteiger partial charge is 0.504 e. The van der Waals surface area contributed by atoms with E-state index in [4.69, 9.17) is 9.84 Å². The molecule has 0 spiro atoms. The number of ether oxygens (including phenoxy) is 1. The van der Waals surface area contributed by atoms with Gasteiger partial charge in [-0.25, -0.2) is 4.79 Å². The molecule has 0 aliphatic carbocycles. The number of hydrogen-bond donors (Lipinski definition) is 3. The molecule has 1 amide bonds. The lowest BCUT2D eigenvalue weighted by atomic mass is 10.1. The fourth-order valence-corrected chi connectivity index (χ4v) is 1.62. The molecular formula is C14H19NO5. The second-order valence-corrected chi connectivity index (χ2v) is 4.36. The Balaban J connectivity index is 2.46. The standard InChI is InChI=1S/C14H19NO5/c1-2-3-6-10(14(18)19)15-13(17)9-20-12-8-5-4-7-11(12)16/h4-5,7-8,10,16H,2-3,6,9H2,1H3,(H,15,17)(H,18,19). The van der Waals surface area contributed by atoms with E-state index in [0.717, 1.165) is 12.8 Å². The highest BCUT2D eigenvalue weighted by atomic mass is 16.5. The minimum absolute atomic E-state index is 0.0685. The van der Waals surface area contributed by atoms with Crippen molar-refractivity contribution in [2.75, 3.05) is 6.61 Å². The smallest absolute Gasteiger partial charge is 0.326 e. The van der Waals surface area contributed by atoms with E-state index in [1.165, 1.54) is 12.1 Å². The van der Waals surface area contributed by atoms with Gasteiger partial charge < -0.3 is 20.3 Å². The van der Waals surface area contributed by atoms with Crippen molar-refractivity contribution in [1.82, 2.24) is 5.32 Å². The predicted molar refractivity (Wildman–Crippen MR) is 72.7 cm³/mol. The maximum Gasteiger partial charge on any atom is 0.326 e. The average molecular weight is 281 g/mol. The summed E-state index contributed by atoms with van der Waals surface area (Å²) in [6.07, 6.45) is 1.96. The Morgan fingerprint density at radius 3 is 2.65 bits per heavy atom. The summed E-state index contributed by atoms with van der Waals surface area (Å²) in [4.78, 5) is 22.6. The summed E-state index contributed by atoms with van der Waals surface area (Å²) in [6, 6.07) is 5.35. The Kier molecular flexibility index (Phi) is 6.36. The predicted octanol–water partition coefficient (Wildman–Crippen LogP) is 1.53. The maximum absolute atomic E-state index is 11.6. The van der Waals surface area contributed by atoms with Crippen LogP contribution in [-0.4, -0.2) is 34.7 Å². The number of benzene rings is 1. The van der Waals surface area contributed by atoms with Crippen molar-refractivity contribution in [2.45, 2.75) is 32.2 Å². The third-order valence-corrected chi connectivity index (χ3v) is 2.70. The fraction of sp³-hybridized carbons (Fsp3) is 0.429. The van der Waals surface area contributed by atoms with Gasteiger partial charge in [-0.1, -0.05) is 31.9 Å². The van der Waals surface area contributed by atoms with E-state index in [-0.39, 0.29) is 18.1 Å². The molecule has 1 rings (SSSR count). The Labute approximate surface area is 117 Å². The lowest BCUT2D eigenvalue weighted by molar-refractivity contribution is -0.142. The Morgan fingerprint density at radius 2 is 2.05 bits per heavy atom. The summed E-state index contributed by atoms with van der Waals surface area (Å²) >= 11 is 0. The molecule has 6 heteroatoms. The Bertz CT molecular complexity index is 461. The molecular weight excluding hydrogens is 262 g/mol. The number of unbranched alkanes of at least 4 members (excludes halogenated alkanes) is 1. The number of carbonyl (C=O) groups is 2. The van der Waals surface area contributed by atoms with Crippen molar-refractivity contribution in [2.24, 2.45) is 0 Å². The van der Waals surface area contributed by atoms with E-state index in [2.05, 4.69) is 5.32 Å². The van der Waals surface area contributed by atoms with Crippen molar-refractivity contribution in [3.05, 3.63) is 24.3 Å². The number of phenolic OH excluding ortho intramolecular Hbond substituents is 1. The molecule has 1 unspecified atom stereocenters. The molecule has 3 N–H and O–H groups in total. The number of aliphatic carboxylic acids is 1. The van der Waals surface area contributed by atoms with E-state index in [1.807, 2.05) is 6.92 Å². The van der Waals surface area contributed by atoms with Gasteiger partial charge in [-0.05, 0) is 18.6 Å². The number of aromatic hydroxyl groups is 1. The van der Waals surface area contributed by atoms with Crippen LogP contribution >= 0.6 is 0 Å². The molecule has 0 fully saturated rings. The minimum Gasteiger partial charge on any atom is -0.504 e. The van der Waals surface area contributed by atoms with Gasteiger partial charge >= 0.3 is 5.97 Å². The topological polar surface area (TPSA) is 95.9 Å². The van der Waals surface area contributed by atoms with Crippen LogP contribution in [0.2, 0.25) is 0 Å². The molecule has 1 aromatic rings. The second-order valence-electron chi connectivity index (χ2n) is 4.36. The van der Waals surface area contributed by atoms with Crippen molar-refractivity contribution in [3.8, 4) is 11.5 Å². The van der Waals surface area contributed by atoms with Crippen LogP contribution in [0.5, 0.6) is 11.5 Å². The number of carboxylic acids is 1. The van der Waals surface area contributed by atoms with Crippen molar-refractivity contribution < 1.29 is 24.5 Å². The lowest BCUT2D eigenvalue weighted by Gasteiger charge is -2.14. The van der Waals surface area contributed by atoms with Gasteiger partial charge in [0.2, 0.25) is 0 Å². The Hall–Kier alpha value is -2.24. The van der Waals surface area contributed by atoms with Crippen molar-refractivity contribution in [3.63, 3.8) is 0 Å². The first-order chi connectivity index (χ1) is 9.54. The van der Waals surface area contributed by atoms with Crippen LogP contribution in [0.1, 0.15) is 26.2 Å². The molecule has 110 valence electrons. The zero-order chi connectivity index (χ0) is 15.0. The van der Waals surface area contributed by atoms with Crippen LogP contribution < -0.4 is 10.1 Å². The van der Waals surface area contributed by atoms with Crippen molar-refractivity contribution >= 4 is 11.9 Å². The van der Waals surface area contributed by atoms with Crippen LogP contribution in [0.3, 0.4) is 0 Å². The number of para-hydroxylation sites is 2. The summed E-state index contributed by atoms with van der Waals surface area (Å²) in [5.74, 6) is -1.48. The number of phenols is 1. The molecule has 0 radical (unpaired) electrons. The SMILES string of the molecule is CCCCC(NC(=O)COc1ccccc1O)C(=O)O. The summed E-state index contributed by atoms with van der Waals surface area (Å²) in [5.41, 5.74) is 0. The summed E-state index contributed by atoms with van der Waals surface area (Å²) in [5, 5.41) is 20.8. The molecule has 0 saturated heterocycles. The number of hydrogen-bond acceptors (Lipinski definition) is 4. The number of rotatable bonds is 8. The fourth-order valence-electron chi connectivity index (χ4n) is 1.62. The third kappa shape index (κ3) is 5.17. The lowest BCUT2D eigenvalue weighted by Crippen LogP contribution is -2.42. The van der Waals surface area contributed by atoms with Crippen LogP contribution in [0.15, 0.2) is 24.3 Å². The molecule has 6 nitrogen and oxygen atoms in total. The monoisotopic (exact) mass is 281 g/mol. The maximum atomic E-state index is 11.6. The Morgan fingerprint density at radius 1 is 1.35 bits per heavy atom. The zero-order valence-corrected chi connectivity index (χ0v) is 11.3. The molecule has 0 saturated carbocycles. The highest BCUT2D eigenvalue weighted by Crippen LogP contribution is 2.23. The summed E-state index contributed by atoms with van der Waals surface area (Å²) in [7, 11) is 0. The number of carbonyl (C=O) groups excluding carboxylic acids is 1. The first-order valence-corrected chi connectivity index (χ1v) is 6.47. The molecule has 1 atom stereocenters. The van der Waals surface area contributed by atoms with Crippen molar-refractivity contribution in [1.29, 1.82) is 0 Å². The average Bonchev–Trinajstić information content (AvgIpc) is 2.42. The quantitative estimate of drug-likeness (QED) is 0.671.